The summed E-state index contributed by atoms with van der Waals surface area (Å²) in [5.74, 6) is -3.01. The Bertz CT molecular complexity index is 519. The van der Waals surface area contributed by atoms with Gasteiger partial charge in [0, 0.05) is 12.3 Å². The number of carboxylic acids is 1. The number of hydrogen-bond acceptors (Lipinski definition) is 2. The van der Waals surface area contributed by atoms with Gasteiger partial charge in [0.25, 0.3) is 0 Å². The van der Waals surface area contributed by atoms with E-state index in [2.05, 4.69) is 22.9 Å². The monoisotopic (exact) mass is 246 g/mol. The van der Waals surface area contributed by atoms with Crippen LogP contribution in [0, 0.1) is 0 Å². The highest BCUT2D eigenvalue weighted by Gasteiger charge is 2.28. The van der Waals surface area contributed by atoms with Crippen molar-refractivity contribution >= 4 is 22.6 Å². The lowest BCUT2D eigenvalue weighted by Crippen LogP contribution is -2.39. The molecule has 1 aromatic heterocycles. The molecule has 0 atom stereocenters. The lowest BCUT2D eigenvalue weighted by molar-refractivity contribution is -0.344. The van der Waals surface area contributed by atoms with Gasteiger partial charge in [-0.15, -0.1) is 0 Å². The van der Waals surface area contributed by atoms with Crippen molar-refractivity contribution in [2.75, 3.05) is 0 Å². The average Bonchev–Trinajstić information content (AvgIpc) is 2.63. The van der Waals surface area contributed by atoms with Gasteiger partial charge in [-0.3, -0.25) is 0 Å². The minimum Gasteiger partial charge on any atom is -0.542 e. The van der Waals surface area contributed by atoms with Gasteiger partial charge in [-0.1, -0.05) is 0 Å². The summed E-state index contributed by atoms with van der Waals surface area (Å²) in [6.07, 6.45) is -3.26. The first-order valence-corrected chi connectivity index (χ1v) is 4.48. The second-order valence-corrected chi connectivity index (χ2v) is 3.18. The van der Waals surface area contributed by atoms with Crippen LogP contribution in [0.15, 0.2) is 30.5 Å². The third-order valence-corrected chi connectivity index (χ3v) is 1.85. The highest BCUT2D eigenvalue weighted by atomic mass is 19.4. The molecule has 0 aliphatic carbocycles. The zero-order valence-corrected chi connectivity index (χ0v) is 8.54. The maximum atomic E-state index is 10.5. The number of aliphatic carboxylic acids is 1. The van der Waals surface area contributed by atoms with Crippen LogP contribution in [0.1, 0.15) is 0 Å². The van der Waals surface area contributed by atoms with Crippen molar-refractivity contribution < 1.29 is 28.8 Å². The van der Waals surface area contributed by atoms with Crippen LogP contribution in [0.4, 0.5) is 18.9 Å². The predicted octanol–water partition coefficient (Wildman–Crippen LogP) is 0.340. The van der Waals surface area contributed by atoms with Crippen molar-refractivity contribution in [3.05, 3.63) is 30.5 Å². The standard InChI is InChI=1S/C8H8N2.C2HF3O2/c9-7-2-1-6-3-4-10-8(6)5-7;3-2(4,5)1(6)7/h1-5,10H,9H2;(H,6,7). The first-order valence-electron chi connectivity index (χ1n) is 4.48. The number of H-pyrrole nitrogens is 1. The molecule has 0 saturated heterocycles. The number of benzene rings is 1. The fraction of sp³-hybridized carbons (Fsp3) is 0.100. The van der Waals surface area contributed by atoms with Gasteiger partial charge in [-0.2, -0.15) is 13.2 Å². The van der Waals surface area contributed by atoms with Crippen molar-refractivity contribution in [2.24, 2.45) is 0 Å². The predicted molar refractivity (Wildman–Crippen MR) is 51.9 cm³/mol. The number of nitrogens with one attached hydrogen (secondary N) is 1. The Morgan fingerprint density at radius 1 is 1.29 bits per heavy atom. The Morgan fingerprint density at radius 3 is 2.41 bits per heavy atom. The lowest BCUT2D eigenvalue weighted by Gasteiger charge is -2.03. The summed E-state index contributed by atoms with van der Waals surface area (Å²) in [7, 11) is 0. The number of halogens is 3. The number of fused-ring (bicyclic) bond motifs is 1. The van der Waals surface area contributed by atoms with Crippen LogP contribution in [0.2, 0.25) is 0 Å². The highest BCUT2D eigenvalue weighted by Crippen LogP contribution is 2.13. The van der Waals surface area contributed by atoms with Gasteiger partial charge in [0.1, 0.15) is 11.7 Å². The topological polar surface area (TPSA) is 83.6 Å². The van der Waals surface area contributed by atoms with Crippen molar-refractivity contribution in [3.8, 4) is 0 Å². The lowest BCUT2D eigenvalue weighted by atomic mass is 10.2. The van der Waals surface area contributed by atoms with E-state index in [0.29, 0.717) is 0 Å². The molecule has 7 heteroatoms. The molecule has 4 N–H and O–H groups in total. The number of alkyl halides is 3. The molecule has 0 aliphatic heterocycles. The molecule has 0 amide bonds. The number of carbonyl (C=O) groups excluding carboxylic acids is 1. The van der Waals surface area contributed by atoms with E-state index in [-0.39, 0.29) is 0 Å². The molecule has 0 bridgehead atoms. The summed E-state index contributed by atoms with van der Waals surface area (Å²) >= 11 is 0. The molecule has 0 fully saturated rings. The maximum Gasteiger partial charge on any atom is 0.430 e. The highest BCUT2D eigenvalue weighted by molar-refractivity contribution is 5.81. The molecule has 17 heavy (non-hydrogen) atoms. The smallest absolute Gasteiger partial charge is 0.430 e. The van der Waals surface area contributed by atoms with Crippen LogP contribution >= 0.6 is 0 Å². The van der Waals surface area contributed by atoms with Gasteiger partial charge in [0.05, 0.1) is 5.52 Å². The van der Waals surface area contributed by atoms with Crippen molar-refractivity contribution in [2.45, 2.75) is 6.18 Å². The number of aromatic amines is 1. The van der Waals surface area contributed by atoms with Gasteiger partial charge >= 0.3 is 6.18 Å². The van der Waals surface area contributed by atoms with Crippen molar-refractivity contribution in [1.82, 2.24) is 4.98 Å². The summed E-state index contributed by atoms with van der Waals surface area (Å²) in [6.45, 7) is 0. The molecule has 1 heterocycles. The quantitative estimate of drug-likeness (QED) is 0.702. The van der Waals surface area contributed by atoms with Crippen molar-refractivity contribution in [1.29, 1.82) is 0 Å². The van der Waals surface area contributed by atoms with E-state index in [1.54, 1.807) is 0 Å². The molecular formula is C10H9F3N2O2. The summed E-state index contributed by atoms with van der Waals surface area (Å²) in [5.41, 5.74) is 6.04. The molecule has 0 radical (unpaired) electrons. The number of carboxylic acid groups (broad SMARTS) is 1. The molecule has 2 rings (SSSR count). The SMILES string of the molecule is O=C([O-])C(F)(F)F.[NH3+]c1ccc2cc[nH]c2c1. The van der Waals surface area contributed by atoms with Gasteiger partial charge in [0.15, 0.2) is 0 Å². The Labute approximate surface area is 93.9 Å². The van der Waals surface area contributed by atoms with E-state index in [4.69, 9.17) is 9.90 Å². The van der Waals surface area contributed by atoms with E-state index < -0.39 is 12.1 Å². The van der Waals surface area contributed by atoms with E-state index in [9.17, 15) is 13.2 Å². The molecular weight excluding hydrogens is 237 g/mol. The zero-order chi connectivity index (χ0) is 13.1. The normalized spacial score (nSPS) is 10.8. The van der Waals surface area contributed by atoms with E-state index >= 15 is 0 Å². The summed E-state index contributed by atoms with van der Waals surface area (Å²) in [4.78, 5) is 11.9. The summed E-state index contributed by atoms with van der Waals surface area (Å²) < 4.78 is 31.5. The number of aromatic nitrogens is 1. The molecule has 0 spiro atoms. The van der Waals surface area contributed by atoms with Gasteiger partial charge in [-0.25, -0.2) is 0 Å². The molecule has 1 aromatic carbocycles. The van der Waals surface area contributed by atoms with Crippen LogP contribution in [-0.4, -0.2) is 17.1 Å². The molecule has 0 aliphatic rings. The Kier molecular flexibility index (Phi) is 3.74. The minimum atomic E-state index is -5.19. The first-order chi connectivity index (χ1) is 7.80. The van der Waals surface area contributed by atoms with Crippen LogP contribution < -0.4 is 10.8 Å². The second kappa shape index (κ2) is 4.88. The summed E-state index contributed by atoms with van der Waals surface area (Å²) in [5, 5.41) is 10.0. The van der Waals surface area contributed by atoms with Gasteiger partial charge < -0.3 is 20.6 Å². The van der Waals surface area contributed by atoms with Crippen LogP contribution in [0.3, 0.4) is 0 Å². The maximum absolute atomic E-state index is 10.5. The largest absolute Gasteiger partial charge is 0.542 e. The van der Waals surface area contributed by atoms with Crippen LogP contribution in [0.25, 0.3) is 10.9 Å². The first kappa shape index (κ1) is 13.0. The number of carbonyl (C=O) groups is 1. The van der Waals surface area contributed by atoms with Crippen LogP contribution in [0.5, 0.6) is 0 Å². The van der Waals surface area contributed by atoms with Crippen molar-refractivity contribution in [3.63, 3.8) is 0 Å². The fourth-order valence-corrected chi connectivity index (χ4v) is 1.09. The third-order valence-electron chi connectivity index (χ3n) is 1.85. The van der Waals surface area contributed by atoms with E-state index in [1.165, 1.54) is 5.39 Å². The number of quaternary nitrogens is 1. The third kappa shape index (κ3) is 3.80. The second-order valence-electron chi connectivity index (χ2n) is 3.18. The van der Waals surface area contributed by atoms with E-state index in [1.807, 2.05) is 18.3 Å². The molecule has 2 aromatic rings. The minimum absolute atomic E-state index is 1.05. The Hall–Kier alpha value is -2.02. The molecule has 4 nitrogen and oxygen atoms in total. The Balaban J connectivity index is 0.000000185. The molecule has 0 unspecified atom stereocenters. The fourth-order valence-electron chi connectivity index (χ4n) is 1.09. The Morgan fingerprint density at radius 2 is 1.88 bits per heavy atom. The van der Waals surface area contributed by atoms with Gasteiger partial charge in [0.2, 0.25) is 0 Å². The average molecular weight is 246 g/mol. The molecule has 92 valence electrons. The summed E-state index contributed by atoms with van der Waals surface area (Å²) in [6, 6.07) is 8.16. The van der Waals surface area contributed by atoms with E-state index in [0.717, 1.165) is 11.2 Å². The number of rotatable bonds is 0. The molecule has 0 saturated carbocycles. The van der Waals surface area contributed by atoms with Crippen LogP contribution in [-0.2, 0) is 4.79 Å². The number of hydrogen-bond donors (Lipinski definition) is 2. The van der Waals surface area contributed by atoms with Gasteiger partial charge in [-0.05, 0) is 23.6 Å². The zero-order valence-electron chi connectivity index (χ0n) is 8.54.